The van der Waals surface area contributed by atoms with E-state index in [0.29, 0.717) is 0 Å². The van der Waals surface area contributed by atoms with Crippen LogP contribution in [0, 0.1) is 17.5 Å². The molecular weight excluding hydrogens is 285 g/mol. The Kier molecular flexibility index (Phi) is 4.11. The molecule has 1 heterocycles. The predicted octanol–water partition coefficient (Wildman–Crippen LogP) is 2.06. The van der Waals surface area contributed by atoms with Gasteiger partial charge in [0.15, 0.2) is 11.6 Å². The first kappa shape index (κ1) is 14.8. The Morgan fingerprint density at radius 1 is 1.29 bits per heavy atom. The highest BCUT2D eigenvalue weighted by Crippen LogP contribution is 2.14. The fourth-order valence-electron chi connectivity index (χ4n) is 1.82. The normalized spacial score (nSPS) is 10.5. The van der Waals surface area contributed by atoms with Crippen molar-refractivity contribution in [3.63, 3.8) is 0 Å². The summed E-state index contributed by atoms with van der Waals surface area (Å²) in [5.41, 5.74) is -1.21. The summed E-state index contributed by atoms with van der Waals surface area (Å²) in [4.78, 5) is 26.6. The highest BCUT2D eigenvalue weighted by Gasteiger charge is 2.18. The molecule has 1 aromatic carbocycles. The summed E-state index contributed by atoms with van der Waals surface area (Å²) in [6, 6.07) is 4.37. The molecule has 7 heteroatoms. The number of aromatic nitrogens is 1. The van der Waals surface area contributed by atoms with Gasteiger partial charge < -0.3 is 9.88 Å². The van der Waals surface area contributed by atoms with Gasteiger partial charge in [-0.05, 0) is 12.1 Å². The summed E-state index contributed by atoms with van der Waals surface area (Å²) >= 11 is 0. The Balaban J connectivity index is 2.26. The topological polar surface area (TPSA) is 53.2 Å². The summed E-state index contributed by atoms with van der Waals surface area (Å²) in [6.07, 6.45) is 0.825. The molecule has 0 saturated heterocycles. The van der Waals surface area contributed by atoms with E-state index < -0.39 is 34.5 Å². The molecule has 2 aromatic rings. The van der Waals surface area contributed by atoms with E-state index in [0.717, 1.165) is 23.2 Å². The van der Waals surface area contributed by atoms with Crippen molar-refractivity contribution in [1.82, 2.24) is 9.88 Å². The fraction of sp³-hybridized carbons (Fsp3) is 0.143. The van der Waals surface area contributed by atoms with Crippen LogP contribution in [0.15, 0.2) is 35.3 Å². The molecule has 0 spiro atoms. The molecule has 0 radical (unpaired) electrons. The van der Waals surface area contributed by atoms with E-state index in [4.69, 9.17) is 0 Å². The average Bonchev–Trinajstić information content (AvgIpc) is 2.45. The van der Waals surface area contributed by atoms with E-state index >= 15 is 0 Å². The lowest BCUT2D eigenvalue weighted by atomic mass is 10.1. The fourth-order valence-corrected chi connectivity index (χ4v) is 1.82. The molecule has 21 heavy (non-hydrogen) atoms. The van der Waals surface area contributed by atoms with E-state index in [9.17, 15) is 22.8 Å². The van der Waals surface area contributed by atoms with Gasteiger partial charge >= 0.3 is 0 Å². The summed E-state index contributed by atoms with van der Waals surface area (Å²) in [6.45, 7) is -0.252. The van der Waals surface area contributed by atoms with E-state index in [1.165, 1.54) is 19.2 Å². The predicted molar refractivity (Wildman–Crippen MR) is 69.2 cm³/mol. The number of carbonyl (C=O) groups excluding carboxylic acids is 1. The molecule has 0 aliphatic heterocycles. The number of benzene rings is 1. The van der Waals surface area contributed by atoms with Crippen LogP contribution in [0.1, 0.15) is 15.9 Å². The van der Waals surface area contributed by atoms with Crippen LogP contribution >= 0.6 is 0 Å². The number of hydrogen-bond acceptors (Lipinski definition) is 2. The molecule has 4 nitrogen and oxygen atoms in total. The standard InChI is InChI=1S/C14H11F3N2O2/c1-19(7-8-3-2-4-11(16)12(8)17)14(21)10-5-9(15)6-18-13(10)20/h2-6H,7H2,1H3,(H,18,20). The zero-order valence-electron chi connectivity index (χ0n) is 11.0. The number of H-pyrrole nitrogens is 1. The van der Waals surface area contributed by atoms with Crippen molar-refractivity contribution in [2.45, 2.75) is 6.54 Å². The lowest BCUT2D eigenvalue weighted by Crippen LogP contribution is -2.31. The minimum absolute atomic E-state index is 0.0429. The van der Waals surface area contributed by atoms with Gasteiger partial charge in [-0.2, -0.15) is 0 Å². The lowest BCUT2D eigenvalue weighted by molar-refractivity contribution is 0.0781. The molecule has 0 bridgehead atoms. The molecule has 1 aromatic heterocycles. The second-order valence-corrected chi connectivity index (χ2v) is 4.43. The number of rotatable bonds is 3. The van der Waals surface area contributed by atoms with Crippen molar-refractivity contribution in [2.24, 2.45) is 0 Å². The minimum Gasteiger partial charge on any atom is -0.337 e. The molecule has 1 amide bonds. The zero-order chi connectivity index (χ0) is 15.6. The zero-order valence-corrected chi connectivity index (χ0v) is 11.0. The Morgan fingerprint density at radius 3 is 2.71 bits per heavy atom. The number of amides is 1. The van der Waals surface area contributed by atoms with E-state index in [2.05, 4.69) is 4.98 Å². The minimum atomic E-state index is -1.06. The van der Waals surface area contributed by atoms with Crippen molar-refractivity contribution >= 4 is 5.91 Å². The second kappa shape index (κ2) is 5.82. The largest absolute Gasteiger partial charge is 0.337 e. The van der Waals surface area contributed by atoms with Crippen molar-refractivity contribution in [3.8, 4) is 0 Å². The molecule has 0 atom stereocenters. The number of hydrogen-bond donors (Lipinski definition) is 1. The summed E-state index contributed by atoms with van der Waals surface area (Å²) in [5, 5.41) is 0. The van der Waals surface area contributed by atoms with Crippen molar-refractivity contribution in [3.05, 3.63) is 69.4 Å². The number of aromatic amines is 1. The number of carbonyl (C=O) groups is 1. The SMILES string of the molecule is CN(Cc1cccc(F)c1F)C(=O)c1cc(F)c[nH]c1=O. The third kappa shape index (κ3) is 3.13. The Bertz CT molecular complexity index is 743. The average molecular weight is 296 g/mol. The molecule has 0 saturated carbocycles. The van der Waals surface area contributed by atoms with Crippen LogP contribution in [0.2, 0.25) is 0 Å². The molecule has 110 valence electrons. The summed E-state index contributed by atoms with van der Waals surface area (Å²) in [7, 11) is 1.30. The smallest absolute Gasteiger partial charge is 0.260 e. The van der Waals surface area contributed by atoms with Gasteiger partial charge in [-0.25, -0.2) is 13.2 Å². The van der Waals surface area contributed by atoms with Crippen LogP contribution in [0.5, 0.6) is 0 Å². The number of nitrogens with one attached hydrogen (secondary N) is 1. The Morgan fingerprint density at radius 2 is 2.00 bits per heavy atom. The van der Waals surface area contributed by atoms with Gasteiger partial charge in [-0.15, -0.1) is 0 Å². The van der Waals surface area contributed by atoms with Crippen molar-refractivity contribution in [1.29, 1.82) is 0 Å². The first-order valence-corrected chi connectivity index (χ1v) is 5.96. The second-order valence-electron chi connectivity index (χ2n) is 4.43. The number of nitrogens with zero attached hydrogens (tertiary/aromatic N) is 1. The van der Waals surface area contributed by atoms with Crippen LogP contribution < -0.4 is 5.56 Å². The maximum Gasteiger partial charge on any atom is 0.260 e. The van der Waals surface area contributed by atoms with Gasteiger partial charge in [-0.1, -0.05) is 12.1 Å². The molecule has 2 rings (SSSR count). The molecule has 0 aliphatic rings. The van der Waals surface area contributed by atoms with Gasteiger partial charge in [0, 0.05) is 25.4 Å². The number of halogens is 3. The van der Waals surface area contributed by atoms with Crippen LogP contribution in [0.25, 0.3) is 0 Å². The first-order valence-electron chi connectivity index (χ1n) is 5.96. The van der Waals surface area contributed by atoms with Crippen LogP contribution in [0.4, 0.5) is 13.2 Å². The van der Waals surface area contributed by atoms with Crippen molar-refractivity contribution < 1.29 is 18.0 Å². The Labute approximate surface area is 117 Å². The van der Waals surface area contributed by atoms with Crippen LogP contribution in [-0.4, -0.2) is 22.8 Å². The number of pyridine rings is 1. The quantitative estimate of drug-likeness (QED) is 0.942. The van der Waals surface area contributed by atoms with Crippen LogP contribution in [0.3, 0.4) is 0 Å². The Hall–Kier alpha value is -2.57. The van der Waals surface area contributed by atoms with Gasteiger partial charge in [0.1, 0.15) is 11.4 Å². The van der Waals surface area contributed by atoms with E-state index in [-0.39, 0.29) is 12.1 Å². The molecule has 0 unspecified atom stereocenters. The van der Waals surface area contributed by atoms with Crippen molar-refractivity contribution in [2.75, 3.05) is 7.05 Å². The highest BCUT2D eigenvalue weighted by molar-refractivity contribution is 5.93. The summed E-state index contributed by atoms with van der Waals surface area (Å²) in [5.74, 6) is -3.66. The third-order valence-electron chi connectivity index (χ3n) is 2.88. The van der Waals surface area contributed by atoms with Crippen LogP contribution in [-0.2, 0) is 6.54 Å². The van der Waals surface area contributed by atoms with E-state index in [1.54, 1.807) is 0 Å². The van der Waals surface area contributed by atoms with Gasteiger partial charge in [0.05, 0.1) is 0 Å². The lowest BCUT2D eigenvalue weighted by Gasteiger charge is -2.17. The van der Waals surface area contributed by atoms with Gasteiger partial charge in [-0.3, -0.25) is 9.59 Å². The third-order valence-corrected chi connectivity index (χ3v) is 2.88. The highest BCUT2D eigenvalue weighted by atomic mass is 19.2. The first-order chi connectivity index (χ1) is 9.90. The monoisotopic (exact) mass is 296 g/mol. The summed E-state index contributed by atoms with van der Waals surface area (Å²) < 4.78 is 39.7. The molecule has 0 fully saturated rings. The maximum absolute atomic E-state index is 13.5. The maximum atomic E-state index is 13.5. The molecule has 1 N–H and O–H groups in total. The molecular formula is C14H11F3N2O2. The van der Waals surface area contributed by atoms with E-state index in [1.807, 2.05) is 0 Å². The van der Waals surface area contributed by atoms with Gasteiger partial charge in [0.2, 0.25) is 0 Å². The van der Waals surface area contributed by atoms with Gasteiger partial charge in [0.25, 0.3) is 11.5 Å². The molecule has 0 aliphatic carbocycles.